The first-order valence-electron chi connectivity index (χ1n) is 6.93. The Hall–Kier alpha value is -2.48. The van der Waals surface area contributed by atoms with Gasteiger partial charge in [0.25, 0.3) is 5.91 Å². The van der Waals surface area contributed by atoms with Crippen LogP contribution in [0.2, 0.25) is 0 Å². The lowest BCUT2D eigenvalue weighted by Gasteiger charge is -2.23. The Labute approximate surface area is 127 Å². The van der Waals surface area contributed by atoms with Gasteiger partial charge in [-0.3, -0.25) is 9.59 Å². The highest BCUT2D eigenvalue weighted by molar-refractivity contribution is 5.98. The number of morpholine rings is 1. The van der Waals surface area contributed by atoms with E-state index in [0.29, 0.717) is 6.54 Å². The van der Waals surface area contributed by atoms with Crippen molar-refractivity contribution >= 4 is 17.5 Å². The van der Waals surface area contributed by atoms with Crippen LogP contribution >= 0.6 is 0 Å². The zero-order chi connectivity index (χ0) is 16.1. The van der Waals surface area contributed by atoms with Crippen LogP contribution in [0.15, 0.2) is 12.1 Å². The van der Waals surface area contributed by atoms with Crippen LogP contribution in [-0.2, 0) is 9.53 Å². The van der Waals surface area contributed by atoms with Gasteiger partial charge in [-0.15, -0.1) is 0 Å². The predicted octanol–water partition coefficient (Wildman–Crippen LogP) is -0.382. The highest BCUT2D eigenvalue weighted by Gasteiger charge is 2.22. The molecule has 0 aliphatic carbocycles. The van der Waals surface area contributed by atoms with Crippen molar-refractivity contribution in [3.8, 4) is 11.5 Å². The Morgan fingerprint density at radius 3 is 3.00 bits per heavy atom. The van der Waals surface area contributed by atoms with Gasteiger partial charge < -0.3 is 30.9 Å². The number of rotatable bonds is 5. The minimum atomic E-state index is -0.417. The number of aromatic hydroxyl groups is 1. The Morgan fingerprint density at radius 1 is 1.59 bits per heavy atom. The van der Waals surface area contributed by atoms with Gasteiger partial charge in [0.15, 0.2) is 11.5 Å². The standard InChI is InChI=1S/C14H19N3O5/c1-2-21-13-9(3-4-10(15)12(13)19)14(20)17-6-8-5-16-11(18)7-22-8/h3-4,8,19H,2,5-7,15H2,1H3,(H,16,18)(H,17,20). The molecule has 1 aliphatic heterocycles. The van der Waals surface area contributed by atoms with Crippen LogP contribution in [0, 0.1) is 0 Å². The monoisotopic (exact) mass is 309 g/mol. The molecule has 5 N–H and O–H groups in total. The molecule has 0 saturated carbocycles. The first kappa shape index (κ1) is 15.9. The molecular formula is C14H19N3O5. The topological polar surface area (TPSA) is 123 Å². The number of anilines is 1. The average Bonchev–Trinajstić information content (AvgIpc) is 2.51. The number of benzene rings is 1. The zero-order valence-electron chi connectivity index (χ0n) is 12.2. The second-order valence-electron chi connectivity index (χ2n) is 4.76. The summed E-state index contributed by atoms with van der Waals surface area (Å²) in [6, 6.07) is 2.92. The van der Waals surface area contributed by atoms with Gasteiger partial charge in [0, 0.05) is 13.1 Å². The number of carbonyl (C=O) groups is 2. The highest BCUT2D eigenvalue weighted by Crippen LogP contribution is 2.35. The average molecular weight is 309 g/mol. The number of nitrogen functional groups attached to an aromatic ring is 1. The molecule has 1 aromatic rings. The van der Waals surface area contributed by atoms with Gasteiger partial charge in [0.1, 0.15) is 6.61 Å². The third-order valence-electron chi connectivity index (χ3n) is 3.16. The number of phenols is 1. The van der Waals surface area contributed by atoms with E-state index in [1.165, 1.54) is 12.1 Å². The normalized spacial score (nSPS) is 17.7. The second kappa shape index (κ2) is 6.99. The largest absolute Gasteiger partial charge is 0.503 e. The molecule has 1 heterocycles. The maximum Gasteiger partial charge on any atom is 0.255 e. The lowest BCUT2D eigenvalue weighted by atomic mass is 10.1. The summed E-state index contributed by atoms with van der Waals surface area (Å²) >= 11 is 0. The van der Waals surface area contributed by atoms with E-state index in [1.54, 1.807) is 6.92 Å². The van der Waals surface area contributed by atoms with Crippen molar-refractivity contribution in [2.24, 2.45) is 0 Å². The number of carbonyl (C=O) groups excluding carboxylic acids is 2. The van der Waals surface area contributed by atoms with Crippen molar-refractivity contribution in [3.63, 3.8) is 0 Å². The highest BCUT2D eigenvalue weighted by atomic mass is 16.5. The molecule has 2 amide bonds. The summed E-state index contributed by atoms with van der Waals surface area (Å²) in [5.41, 5.74) is 5.93. The zero-order valence-corrected chi connectivity index (χ0v) is 12.2. The van der Waals surface area contributed by atoms with E-state index in [2.05, 4.69) is 10.6 Å². The van der Waals surface area contributed by atoms with Crippen LogP contribution in [-0.4, -0.2) is 49.3 Å². The Kier molecular flexibility index (Phi) is 5.05. The van der Waals surface area contributed by atoms with Gasteiger partial charge in [-0.2, -0.15) is 0 Å². The van der Waals surface area contributed by atoms with Gasteiger partial charge in [-0.25, -0.2) is 0 Å². The third kappa shape index (κ3) is 3.59. The van der Waals surface area contributed by atoms with E-state index in [-0.39, 0.29) is 54.5 Å². The molecule has 2 rings (SSSR count). The van der Waals surface area contributed by atoms with E-state index >= 15 is 0 Å². The van der Waals surface area contributed by atoms with Gasteiger partial charge in [0.05, 0.1) is 24.0 Å². The molecule has 1 aromatic carbocycles. The van der Waals surface area contributed by atoms with Crippen LogP contribution in [0.25, 0.3) is 0 Å². The molecule has 1 aliphatic rings. The van der Waals surface area contributed by atoms with Crippen LogP contribution in [0.1, 0.15) is 17.3 Å². The minimum absolute atomic E-state index is 0.0204. The van der Waals surface area contributed by atoms with E-state index in [4.69, 9.17) is 15.2 Å². The molecule has 0 spiro atoms. The van der Waals surface area contributed by atoms with E-state index in [1.807, 2.05) is 0 Å². The van der Waals surface area contributed by atoms with Crippen molar-refractivity contribution < 1.29 is 24.2 Å². The van der Waals surface area contributed by atoms with Gasteiger partial charge in [-0.1, -0.05) is 0 Å². The van der Waals surface area contributed by atoms with Gasteiger partial charge >= 0.3 is 0 Å². The number of nitrogens with one attached hydrogen (secondary N) is 2. The number of ether oxygens (including phenoxy) is 2. The molecule has 22 heavy (non-hydrogen) atoms. The van der Waals surface area contributed by atoms with Gasteiger partial charge in [0.2, 0.25) is 5.91 Å². The Bertz CT molecular complexity index is 566. The fraction of sp³-hybridized carbons (Fsp3) is 0.429. The quantitative estimate of drug-likeness (QED) is 0.434. The summed E-state index contributed by atoms with van der Waals surface area (Å²) in [6.45, 7) is 2.57. The summed E-state index contributed by atoms with van der Waals surface area (Å²) in [4.78, 5) is 23.2. The number of nitrogens with two attached hydrogens (primary N) is 1. The molecule has 0 aromatic heterocycles. The molecule has 1 unspecified atom stereocenters. The van der Waals surface area contributed by atoms with E-state index < -0.39 is 5.91 Å². The molecule has 120 valence electrons. The van der Waals surface area contributed by atoms with Crippen LogP contribution < -0.4 is 21.1 Å². The smallest absolute Gasteiger partial charge is 0.255 e. The maximum absolute atomic E-state index is 12.2. The molecule has 0 bridgehead atoms. The van der Waals surface area contributed by atoms with Crippen LogP contribution in [0.3, 0.4) is 0 Å². The summed E-state index contributed by atoms with van der Waals surface area (Å²) < 4.78 is 10.6. The SMILES string of the molecule is CCOc1c(C(=O)NCC2CNC(=O)CO2)ccc(N)c1O. The Balaban J connectivity index is 2.03. The minimum Gasteiger partial charge on any atom is -0.503 e. The lowest BCUT2D eigenvalue weighted by Crippen LogP contribution is -2.48. The fourth-order valence-electron chi connectivity index (χ4n) is 2.02. The number of hydrogen-bond donors (Lipinski definition) is 4. The summed E-state index contributed by atoms with van der Waals surface area (Å²) in [5.74, 6) is -0.794. The molecule has 1 saturated heterocycles. The molecule has 8 nitrogen and oxygen atoms in total. The van der Waals surface area contributed by atoms with E-state index in [0.717, 1.165) is 0 Å². The third-order valence-corrected chi connectivity index (χ3v) is 3.16. The predicted molar refractivity (Wildman–Crippen MR) is 78.8 cm³/mol. The van der Waals surface area contributed by atoms with Crippen LogP contribution in [0.4, 0.5) is 5.69 Å². The maximum atomic E-state index is 12.2. The van der Waals surface area contributed by atoms with E-state index in [9.17, 15) is 14.7 Å². The fourth-order valence-corrected chi connectivity index (χ4v) is 2.02. The second-order valence-corrected chi connectivity index (χ2v) is 4.76. The van der Waals surface area contributed by atoms with Crippen molar-refractivity contribution in [1.82, 2.24) is 10.6 Å². The molecular weight excluding hydrogens is 290 g/mol. The Morgan fingerprint density at radius 2 is 2.36 bits per heavy atom. The molecule has 8 heteroatoms. The summed E-state index contributed by atoms with van der Waals surface area (Å²) in [7, 11) is 0. The van der Waals surface area contributed by atoms with Crippen LogP contribution in [0.5, 0.6) is 11.5 Å². The van der Waals surface area contributed by atoms with Crippen molar-refractivity contribution in [2.45, 2.75) is 13.0 Å². The lowest BCUT2D eigenvalue weighted by molar-refractivity contribution is -0.132. The first-order chi connectivity index (χ1) is 10.5. The number of phenolic OH excluding ortho intramolecular Hbond substituents is 1. The molecule has 1 fully saturated rings. The number of hydrogen-bond acceptors (Lipinski definition) is 6. The molecule has 0 radical (unpaired) electrons. The van der Waals surface area contributed by atoms with Crippen molar-refractivity contribution in [1.29, 1.82) is 0 Å². The van der Waals surface area contributed by atoms with Gasteiger partial charge in [-0.05, 0) is 19.1 Å². The van der Waals surface area contributed by atoms with Crippen molar-refractivity contribution in [2.75, 3.05) is 32.0 Å². The summed E-state index contributed by atoms with van der Waals surface area (Å²) in [5, 5.41) is 15.2. The van der Waals surface area contributed by atoms with Crippen molar-refractivity contribution in [3.05, 3.63) is 17.7 Å². The number of amides is 2. The summed E-state index contributed by atoms with van der Waals surface area (Å²) in [6.07, 6.45) is -0.292. The molecule has 1 atom stereocenters. The first-order valence-corrected chi connectivity index (χ1v) is 6.93.